The quantitative estimate of drug-likeness (QED) is 0.397. The molecular weight excluding hydrogens is 418 g/mol. The lowest BCUT2D eigenvalue weighted by atomic mass is 10.1. The van der Waals surface area contributed by atoms with Gasteiger partial charge in [0.05, 0.1) is 0 Å². The number of thiophene rings is 1. The summed E-state index contributed by atoms with van der Waals surface area (Å²) in [6, 6.07) is 21.7. The third kappa shape index (κ3) is 5.26. The molecule has 0 spiro atoms. The molecule has 1 aliphatic heterocycles. The molecule has 5 nitrogen and oxygen atoms in total. The van der Waals surface area contributed by atoms with Crippen molar-refractivity contribution in [3.05, 3.63) is 93.8 Å². The molecule has 1 atom stereocenters. The van der Waals surface area contributed by atoms with Crippen molar-refractivity contribution < 1.29 is 9.59 Å². The molecule has 0 bridgehead atoms. The van der Waals surface area contributed by atoms with E-state index < -0.39 is 0 Å². The predicted octanol–water partition coefficient (Wildman–Crippen LogP) is 4.48. The number of benzene rings is 2. The first-order valence-electron chi connectivity index (χ1n) is 10.9. The molecule has 1 aromatic heterocycles. The molecule has 0 radical (unpaired) electrons. The van der Waals surface area contributed by atoms with E-state index in [4.69, 9.17) is 0 Å². The number of rotatable bonds is 8. The summed E-state index contributed by atoms with van der Waals surface area (Å²) in [4.78, 5) is 28.8. The van der Waals surface area contributed by atoms with Crippen LogP contribution in [0.2, 0.25) is 0 Å². The van der Waals surface area contributed by atoms with E-state index in [1.165, 1.54) is 22.6 Å². The lowest BCUT2D eigenvalue weighted by Crippen LogP contribution is -2.37. The van der Waals surface area contributed by atoms with E-state index in [-0.39, 0.29) is 17.5 Å². The van der Waals surface area contributed by atoms with Gasteiger partial charge >= 0.3 is 0 Å². The van der Waals surface area contributed by atoms with Crippen LogP contribution in [-0.4, -0.2) is 30.9 Å². The molecule has 2 heterocycles. The monoisotopic (exact) mass is 445 g/mol. The van der Waals surface area contributed by atoms with Crippen LogP contribution in [-0.2, 0) is 11.2 Å². The van der Waals surface area contributed by atoms with Gasteiger partial charge in [0.25, 0.3) is 11.8 Å². The third-order valence-corrected chi connectivity index (χ3v) is 6.39. The average Bonchev–Trinajstić information content (AvgIpc) is 3.43. The lowest BCUT2D eigenvalue weighted by molar-refractivity contribution is -0.117. The van der Waals surface area contributed by atoms with Crippen molar-refractivity contribution in [1.82, 2.24) is 10.6 Å². The first-order chi connectivity index (χ1) is 15.6. The molecule has 6 heteroatoms. The van der Waals surface area contributed by atoms with Gasteiger partial charge in [-0.2, -0.15) is 0 Å². The molecule has 0 saturated heterocycles. The zero-order valence-electron chi connectivity index (χ0n) is 18.1. The molecule has 0 aliphatic carbocycles. The number of carbonyl (C=O) groups excluding carboxylic acids is 2. The SMILES string of the molecule is CC1Cc2ccccc2N1CCCNC(=O)/C(=C/c1cccs1)NC(=O)c1ccccc1. The highest BCUT2D eigenvalue weighted by atomic mass is 32.1. The summed E-state index contributed by atoms with van der Waals surface area (Å²) < 4.78 is 0. The van der Waals surface area contributed by atoms with E-state index in [1.54, 1.807) is 30.3 Å². The molecular formula is C26H27N3O2S. The summed E-state index contributed by atoms with van der Waals surface area (Å²) in [5.74, 6) is -0.580. The van der Waals surface area contributed by atoms with Crippen molar-refractivity contribution in [2.24, 2.45) is 0 Å². The molecule has 3 aromatic rings. The van der Waals surface area contributed by atoms with Crippen LogP contribution >= 0.6 is 11.3 Å². The summed E-state index contributed by atoms with van der Waals surface area (Å²) in [5, 5.41) is 7.69. The van der Waals surface area contributed by atoms with Crippen LogP contribution < -0.4 is 15.5 Å². The molecule has 0 saturated carbocycles. The van der Waals surface area contributed by atoms with Crippen LogP contribution in [0.5, 0.6) is 0 Å². The maximum Gasteiger partial charge on any atom is 0.267 e. The minimum Gasteiger partial charge on any atom is -0.368 e. The van der Waals surface area contributed by atoms with Gasteiger partial charge in [-0.1, -0.05) is 42.5 Å². The number of amides is 2. The summed E-state index contributed by atoms with van der Waals surface area (Å²) >= 11 is 1.52. The molecule has 1 aliphatic rings. The van der Waals surface area contributed by atoms with Gasteiger partial charge in [-0.3, -0.25) is 9.59 Å². The number of nitrogens with zero attached hydrogens (tertiary/aromatic N) is 1. The van der Waals surface area contributed by atoms with E-state index in [9.17, 15) is 9.59 Å². The van der Waals surface area contributed by atoms with Gasteiger partial charge in [0.15, 0.2) is 0 Å². The van der Waals surface area contributed by atoms with Crippen molar-refractivity contribution in [3.63, 3.8) is 0 Å². The number of anilines is 1. The van der Waals surface area contributed by atoms with Crippen LogP contribution in [0.25, 0.3) is 6.08 Å². The number of para-hydroxylation sites is 1. The van der Waals surface area contributed by atoms with E-state index in [2.05, 4.69) is 46.7 Å². The van der Waals surface area contributed by atoms with Gasteiger partial charge in [0.2, 0.25) is 0 Å². The van der Waals surface area contributed by atoms with E-state index >= 15 is 0 Å². The Bertz CT molecular complexity index is 1090. The first-order valence-corrected chi connectivity index (χ1v) is 11.7. The maximum atomic E-state index is 12.9. The van der Waals surface area contributed by atoms with Gasteiger partial charge in [-0.25, -0.2) is 0 Å². The zero-order chi connectivity index (χ0) is 22.3. The number of nitrogens with one attached hydrogen (secondary N) is 2. The van der Waals surface area contributed by atoms with E-state index in [1.807, 2.05) is 23.6 Å². The first kappa shape index (κ1) is 21.8. The minimum absolute atomic E-state index is 0.251. The van der Waals surface area contributed by atoms with Crippen molar-refractivity contribution in [2.75, 3.05) is 18.0 Å². The summed E-state index contributed by atoms with van der Waals surface area (Å²) in [6.07, 6.45) is 3.60. The molecule has 2 N–H and O–H groups in total. The third-order valence-electron chi connectivity index (χ3n) is 5.57. The van der Waals surface area contributed by atoms with Crippen LogP contribution in [0, 0.1) is 0 Å². The summed E-state index contributed by atoms with van der Waals surface area (Å²) in [7, 11) is 0. The van der Waals surface area contributed by atoms with Crippen molar-refractivity contribution in [2.45, 2.75) is 25.8 Å². The van der Waals surface area contributed by atoms with Crippen molar-refractivity contribution in [3.8, 4) is 0 Å². The maximum absolute atomic E-state index is 12.9. The Morgan fingerprint density at radius 1 is 1.06 bits per heavy atom. The van der Waals surface area contributed by atoms with Crippen LogP contribution in [0.15, 0.2) is 77.8 Å². The number of hydrogen-bond donors (Lipinski definition) is 2. The second-order valence-corrected chi connectivity index (χ2v) is 8.86. The Morgan fingerprint density at radius 2 is 1.84 bits per heavy atom. The van der Waals surface area contributed by atoms with Crippen LogP contribution in [0.3, 0.4) is 0 Å². The normalized spacial score (nSPS) is 15.3. The van der Waals surface area contributed by atoms with Crippen LogP contribution in [0.4, 0.5) is 5.69 Å². The molecule has 4 rings (SSSR count). The lowest BCUT2D eigenvalue weighted by Gasteiger charge is -2.25. The Morgan fingerprint density at radius 3 is 2.62 bits per heavy atom. The second-order valence-electron chi connectivity index (χ2n) is 7.88. The molecule has 1 unspecified atom stereocenters. The Kier molecular flexibility index (Phi) is 7.02. The van der Waals surface area contributed by atoms with Crippen molar-refractivity contribution >= 4 is 34.9 Å². The van der Waals surface area contributed by atoms with E-state index in [0.717, 1.165) is 24.3 Å². The van der Waals surface area contributed by atoms with Gasteiger partial charge in [-0.05, 0) is 61.1 Å². The molecule has 2 amide bonds. The smallest absolute Gasteiger partial charge is 0.267 e. The largest absolute Gasteiger partial charge is 0.368 e. The average molecular weight is 446 g/mol. The fourth-order valence-electron chi connectivity index (χ4n) is 3.97. The van der Waals surface area contributed by atoms with Gasteiger partial charge < -0.3 is 15.5 Å². The topological polar surface area (TPSA) is 61.4 Å². The Balaban J connectivity index is 1.36. The number of fused-ring (bicyclic) bond motifs is 1. The Labute approximate surface area is 192 Å². The fourth-order valence-corrected chi connectivity index (χ4v) is 4.63. The van der Waals surface area contributed by atoms with E-state index in [0.29, 0.717) is 18.2 Å². The highest BCUT2D eigenvalue weighted by Crippen LogP contribution is 2.31. The van der Waals surface area contributed by atoms with Gasteiger partial charge in [0.1, 0.15) is 5.70 Å². The molecule has 2 aromatic carbocycles. The minimum atomic E-state index is -0.300. The summed E-state index contributed by atoms with van der Waals surface area (Å²) in [6.45, 7) is 3.64. The standard InChI is InChI=1S/C26H27N3O2S/c1-19-17-21-11-5-6-13-24(21)29(19)15-8-14-27-26(31)23(18-22-12-7-16-32-22)28-25(30)20-9-3-2-4-10-20/h2-7,9-13,16,18-19H,8,14-15,17H2,1H3,(H,27,31)(H,28,30)/b23-18-. The molecule has 0 fully saturated rings. The predicted molar refractivity (Wildman–Crippen MR) is 131 cm³/mol. The Hall–Kier alpha value is -3.38. The summed E-state index contributed by atoms with van der Waals surface area (Å²) in [5.41, 5.74) is 3.44. The number of carbonyl (C=O) groups is 2. The fraction of sp³-hybridized carbons (Fsp3) is 0.231. The van der Waals surface area contributed by atoms with Gasteiger partial charge in [0, 0.05) is 35.3 Å². The zero-order valence-corrected chi connectivity index (χ0v) is 18.9. The van der Waals surface area contributed by atoms with Crippen LogP contribution in [0.1, 0.15) is 34.1 Å². The number of hydrogen-bond acceptors (Lipinski definition) is 4. The van der Waals surface area contributed by atoms with Gasteiger partial charge in [-0.15, -0.1) is 11.3 Å². The molecule has 164 valence electrons. The highest BCUT2D eigenvalue weighted by Gasteiger charge is 2.24. The highest BCUT2D eigenvalue weighted by molar-refractivity contribution is 7.10. The molecule has 32 heavy (non-hydrogen) atoms. The van der Waals surface area contributed by atoms with Crippen molar-refractivity contribution in [1.29, 1.82) is 0 Å². The second kappa shape index (κ2) is 10.3.